The number of pyridine rings is 1. The van der Waals surface area contributed by atoms with Crippen LogP contribution in [-0.4, -0.2) is 63.5 Å². The van der Waals surface area contributed by atoms with Gasteiger partial charge in [0.05, 0.1) is 32.5 Å². The van der Waals surface area contributed by atoms with Crippen LogP contribution >= 0.6 is 34.8 Å². The number of aromatic nitrogens is 1. The van der Waals surface area contributed by atoms with Crippen molar-refractivity contribution in [2.45, 2.75) is 6.54 Å². The number of anilines is 1. The number of benzene rings is 1. The second-order valence-corrected chi connectivity index (χ2v) is 8.02. The number of hydrogen-bond donors (Lipinski definition) is 0. The molecule has 0 N–H and O–H groups in total. The van der Waals surface area contributed by atoms with Crippen LogP contribution in [-0.2, 0) is 11.3 Å². The van der Waals surface area contributed by atoms with Crippen molar-refractivity contribution in [3.05, 3.63) is 44.5 Å². The highest BCUT2D eigenvalue weighted by Crippen LogP contribution is 2.37. The van der Waals surface area contributed by atoms with Crippen LogP contribution in [0.3, 0.4) is 0 Å². The number of methoxy groups -OCH3 is 2. The van der Waals surface area contributed by atoms with Crippen molar-refractivity contribution in [1.82, 2.24) is 9.88 Å². The molecule has 0 atom stereocenters. The molecule has 1 fully saturated rings. The predicted molar refractivity (Wildman–Crippen MR) is 122 cm³/mol. The van der Waals surface area contributed by atoms with Crippen LogP contribution in [0.5, 0.6) is 11.5 Å². The van der Waals surface area contributed by atoms with E-state index in [1.165, 1.54) is 0 Å². The molecular weight excluding hydrogens is 463 g/mol. The van der Waals surface area contributed by atoms with Crippen molar-refractivity contribution < 1.29 is 14.2 Å². The average molecular weight is 486 g/mol. The van der Waals surface area contributed by atoms with Crippen molar-refractivity contribution in [2.24, 2.45) is 0 Å². The molecule has 0 saturated carbocycles. The van der Waals surface area contributed by atoms with Gasteiger partial charge in [-0.3, -0.25) is 4.90 Å². The molecule has 1 aromatic carbocycles. The van der Waals surface area contributed by atoms with Gasteiger partial charge in [0.25, 0.3) is 0 Å². The molecular formula is C21H23Cl3N4O3. The summed E-state index contributed by atoms with van der Waals surface area (Å²) in [6, 6.07) is 7.65. The Balaban J connectivity index is 1.92. The maximum atomic E-state index is 9.29. The zero-order valence-electron chi connectivity index (χ0n) is 17.3. The molecule has 0 unspecified atom stereocenters. The lowest BCUT2D eigenvalue weighted by Gasteiger charge is -2.31. The van der Waals surface area contributed by atoms with Crippen LogP contribution in [0.1, 0.15) is 11.1 Å². The summed E-state index contributed by atoms with van der Waals surface area (Å²) in [6.07, 6.45) is 0. The summed E-state index contributed by atoms with van der Waals surface area (Å²) in [6.45, 7) is 5.03. The van der Waals surface area contributed by atoms with Crippen molar-refractivity contribution >= 4 is 40.6 Å². The van der Waals surface area contributed by atoms with Crippen LogP contribution in [0, 0.1) is 11.3 Å². The van der Waals surface area contributed by atoms with Gasteiger partial charge in [0.1, 0.15) is 16.7 Å². The standard InChI is InChI=1S/C21H23Cl3N4O3/c1-29-16-4-3-14(11-17(16)30-2)13-28(6-5-27-7-9-31-10-8-27)21-19(23)18(22)15(12-25)20(24)26-21/h3-4,11H,5-10,13H2,1-2H3. The summed E-state index contributed by atoms with van der Waals surface area (Å²) < 4.78 is 16.2. The Hall–Kier alpha value is -1.95. The van der Waals surface area contributed by atoms with Crippen LogP contribution in [0.15, 0.2) is 18.2 Å². The topological polar surface area (TPSA) is 70.8 Å². The molecule has 3 rings (SSSR count). The molecule has 7 nitrogen and oxygen atoms in total. The molecule has 0 radical (unpaired) electrons. The molecule has 1 saturated heterocycles. The van der Waals surface area contributed by atoms with E-state index in [1.54, 1.807) is 14.2 Å². The first kappa shape index (κ1) is 23.7. The summed E-state index contributed by atoms with van der Waals surface area (Å²) in [7, 11) is 3.19. The van der Waals surface area contributed by atoms with Crippen molar-refractivity contribution in [3.8, 4) is 17.6 Å². The molecule has 31 heavy (non-hydrogen) atoms. The highest BCUT2D eigenvalue weighted by Gasteiger charge is 2.22. The molecule has 1 aliphatic rings. The van der Waals surface area contributed by atoms with Crippen LogP contribution in [0.25, 0.3) is 0 Å². The number of ether oxygens (including phenoxy) is 3. The highest BCUT2D eigenvalue weighted by atomic mass is 35.5. The fourth-order valence-electron chi connectivity index (χ4n) is 3.35. The second kappa shape index (κ2) is 11.1. The average Bonchev–Trinajstić information content (AvgIpc) is 2.80. The number of rotatable bonds is 8. The van der Waals surface area contributed by atoms with Gasteiger partial charge in [-0.1, -0.05) is 40.9 Å². The number of nitriles is 1. The van der Waals surface area contributed by atoms with E-state index >= 15 is 0 Å². The van der Waals surface area contributed by atoms with Gasteiger partial charge in [0.15, 0.2) is 22.5 Å². The second-order valence-electron chi connectivity index (χ2n) is 6.91. The fraction of sp³-hybridized carbons (Fsp3) is 0.429. The van der Waals surface area contributed by atoms with E-state index in [9.17, 15) is 5.26 Å². The summed E-state index contributed by atoms with van der Waals surface area (Å²) in [5, 5.41) is 9.62. The van der Waals surface area contributed by atoms with E-state index in [0.29, 0.717) is 43.6 Å². The fourth-order valence-corrected chi connectivity index (χ4v) is 4.08. The van der Waals surface area contributed by atoms with Gasteiger partial charge in [-0.05, 0) is 17.7 Å². The largest absolute Gasteiger partial charge is 0.493 e. The molecule has 1 aliphatic heterocycles. The smallest absolute Gasteiger partial charge is 0.161 e. The predicted octanol–water partition coefficient (Wildman–Crippen LogP) is 4.27. The zero-order valence-corrected chi connectivity index (χ0v) is 19.6. The molecule has 166 valence electrons. The summed E-state index contributed by atoms with van der Waals surface area (Å²) in [4.78, 5) is 8.70. The van der Waals surface area contributed by atoms with Gasteiger partial charge in [0.2, 0.25) is 0 Å². The Bertz CT molecular complexity index is 962. The first-order valence-corrected chi connectivity index (χ1v) is 10.8. The highest BCUT2D eigenvalue weighted by molar-refractivity contribution is 6.45. The minimum atomic E-state index is 0.0237. The zero-order chi connectivity index (χ0) is 22.4. The Labute approximate surface area is 197 Å². The molecule has 0 aliphatic carbocycles. The molecule has 2 heterocycles. The SMILES string of the molecule is COc1ccc(CN(CCN2CCOCC2)c2nc(Cl)c(C#N)c(Cl)c2Cl)cc1OC. The summed E-state index contributed by atoms with van der Waals surface area (Å²) in [5.41, 5.74) is 1.03. The Kier molecular flexibility index (Phi) is 8.47. The third-order valence-corrected chi connectivity index (χ3v) is 6.15. The van der Waals surface area contributed by atoms with E-state index in [-0.39, 0.29) is 20.8 Å². The Morgan fingerprint density at radius 1 is 1.13 bits per heavy atom. The van der Waals surface area contributed by atoms with Gasteiger partial charge in [-0.25, -0.2) is 4.98 Å². The van der Waals surface area contributed by atoms with Crippen LogP contribution in [0.2, 0.25) is 15.2 Å². The first-order valence-electron chi connectivity index (χ1n) is 9.69. The van der Waals surface area contributed by atoms with Gasteiger partial charge in [-0.15, -0.1) is 0 Å². The maximum Gasteiger partial charge on any atom is 0.161 e. The van der Waals surface area contributed by atoms with E-state index in [1.807, 2.05) is 29.2 Å². The molecule has 1 aromatic heterocycles. The normalized spacial score (nSPS) is 14.2. The molecule has 0 spiro atoms. The maximum absolute atomic E-state index is 9.29. The van der Waals surface area contributed by atoms with Gasteiger partial charge >= 0.3 is 0 Å². The lowest BCUT2D eigenvalue weighted by Crippen LogP contribution is -2.41. The van der Waals surface area contributed by atoms with Gasteiger partial charge in [-0.2, -0.15) is 5.26 Å². The lowest BCUT2D eigenvalue weighted by molar-refractivity contribution is 0.0391. The third-order valence-electron chi connectivity index (χ3n) is 5.04. The van der Waals surface area contributed by atoms with Crippen molar-refractivity contribution in [3.63, 3.8) is 0 Å². The monoisotopic (exact) mass is 484 g/mol. The number of nitrogens with zero attached hydrogens (tertiary/aromatic N) is 4. The Morgan fingerprint density at radius 2 is 1.84 bits per heavy atom. The number of halogens is 3. The van der Waals surface area contributed by atoms with Crippen molar-refractivity contribution in [2.75, 3.05) is 58.5 Å². The van der Waals surface area contributed by atoms with Gasteiger partial charge < -0.3 is 19.1 Å². The summed E-state index contributed by atoms with van der Waals surface area (Å²) in [5.74, 6) is 1.70. The van der Waals surface area contributed by atoms with E-state index < -0.39 is 0 Å². The third kappa shape index (κ3) is 5.65. The molecule has 2 aromatic rings. The lowest BCUT2D eigenvalue weighted by atomic mass is 10.1. The van der Waals surface area contributed by atoms with Gasteiger partial charge in [0, 0.05) is 32.7 Å². The van der Waals surface area contributed by atoms with E-state index in [2.05, 4.69) is 9.88 Å². The number of hydrogen-bond acceptors (Lipinski definition) is 7. The van der Waals surface area contributed by atoms with E-state index in [4.69, 9.17) is 49.0 Å². The minimum absolute atomic E-state index is 0.0237. The quantitative estimate of drug-likeness (QED) is 0.517. The Morgan fingerprint density at radius 3 is 2.48 bits per heavy atom. The first-order chi connectivity index (χ1) is 15.0. The molecule has 10 heteroatoms. The molecule has 0 amide bonds. The number of morpholine rings is 1. The summed E-state index contributed by atoms with van der Waals surface area (Å²) >= 11 is 19.1. The minimum Gasteiger partial charge on any atom is -0.493 e. The van der Waals surface area contributed by atoms with Crippen LogP contribution in [0.4, 0.5) is 5.82 Å². The van der Waals surface area contributed by atoms with E-state index in [0.717, 1.165) is 25.2 Å². The van der Waals surface area contributed by atoms with Crippen LogP contribution < -0.4 is 14.4 Å². The molecule has 0 bridgehead atoms. The van der Waals surface area contributed by atoms with Crippen molar-refractivity contribution in [1.29, 1.82) is 5.26 Å².